The first-order valence-electron chi connectivity index (χ1n) is 9.95. The second-order valence-electron chi connectivity index (χ2n) is 7.51. The molecule has 8 heteroatoms. The molecule has 0 unspecified atom stereocenters. The zero-order valence-electron chi connectivity index (χ0n) is 18.6. The van der Waals surface area contributed by atoms with Crippen LogP contribution in [0.5, 0.6) is 5.75 Å². The number of rotatable bonds is 5. The summed E-state index contributed by atoms with van der Waals surface area (Å²) >= 11 is 6.03. The first-order chi connectivity index (χ1) is 15.2. The number of aromatic nitrogens is 1. The minimum absolute atomic E-state index is 0.322. The van der Waals surface area contributed by atoms with Gasteiger partial charge in [0.2, 0.25) is 0 Å². The van der Waals surface area contributed by atoms with Crippen molar-refractivity contribution in [3.05, 3.63) is 75.6 Å². The fraction of sp³-hybridized carbons (Fsp3) is 0.208. The molecule has 3 aromatic rings. The number of carbonyl (C=O) groups excluding carboxylic acids is 2. The van der Waals surface area contributed by atoms with Gasteiger partial charge in [0.15, 0.2) is 0 Å². The predicted molar refractivity (Wildman–Crippen MR) is 127 cm³/mol. The van der Waals surface area contributed by atoms with Crippen LogP contribution in [0.1, 0.15) is 28.1 Å². The van der Waals surface area contributed by atoms with Crippen LogP contribution < -0.4 is 15.5 Å². The van der Waals surface area contributed by atoms with E-state index in [-0.39, 0.29) is 0 Å². The number of benzene rings is 2. The van der Waals surface area contributed by atoms with Crippen LogP contribution in [0.25, 0.3) is 5.69 Å². The highest BCUT2D eigenvalue weighted by Gasteiger charge is 2.14. The molecule has 2 N–H and O–H groups in total. The smallest absolute Gasteiger partial charge is 0.329 e. The number of ether oxygens (including phenoxy) is 1. The number of carbonyl (C=O) groups is 2. The fourth-order valence-corrected chi connectivity index (χ4v) is 3.80. The van der Waals surface area contributed by atoms with Gasteiger partial charge in [-0.05, 0) is 75.2 Å². The number of anilines is 1. The first-order valence-corrected chi connectivity index (χ1v) is 10.3. The maximum atomic E-state index is 12.1. The van der Waals surface area contributed by atoms with Crippen LogP contribution >= 0.6 is 11.6 Å². The average Bonchev–Trinajstić information content (AvgIpc) is 3.00. The molecule has 0 aliphatic carbocycles. The molecule has 0 spiro atoms. The monoisotopic (exact) mass is 452 g/mol. The molecule has 0 aliphatic heterocycles. The van der Waals surface area contributed by atoms with Gasteiger partial charge in [-0.3, -0.25) is 9.59 Å². The van der Waals surface area contributed by atoms with Crippen LogP contribution in [0.15, 0.2) is 47.6 Å². The Labute approximate surface area is 192 Å². The number of hydrogen-bond donors (Lipinski definition) is 2. The quantitative estimate of drug-likeness (QED) is 0.340. The van der Waals surface area contributed by atoms with Gasteiger partial charge in [-0.25, -0.2) is 5.43 Å². The van der Waals surface area contributed by atoms with Crippen LogP contribution in [0.3, 0.4) is 0 Å². The van der Waals surface area contributed by atoms with Gasteiger partial charge in [0, 0.05) is 28.3 Å². The second-order valence-corrected chi connectivity index (χ2v) is 7.92. The average molecular weight is 453 g/mol. The summed E-state index contributed by atoms with van der Waals surface area (Å²) in [7, 11) is 1.49. The van der Waals surface area contributed by atoms with Gasteiger partial charge in [0.1, 0.15) is 5.75 Å². The fourth-order valence-electron chi connectivity index (χ4n) is 3.54. The Hall–Kier alpha value is -3.58. The Balaban J connectivity index is 1.68. The maximum absolute atomic E-state index is 12.1. The van der Waals surface area contributed by atoms with Crippen LogP contribution in [-0.2, 0) is 9.59 Å². The van der Waals surface area contributed by atoms with E-state index in [2.05, 4.69) is 52.5 Å². The van der Waals surface area contributed by atoms with Crippen molar-refractivity contribution in [2.45, 2.75) is 27.7 Å². The Bertz CT molecular complexity index is 1190. The molecule has 7 nitrogen and oxygen atoms in total. The molecule has 3 rings (SSSR count). The number of aryl methyl sites for hydroxylation is 3. The van der Waals surface area contributed by atoms with E-state index in [1.54, 1.807) is 12.1 Å². The van der Waals surface area contributed by atoms with Gasteiger partial charge >= 0.3 is 11.8 Å². The summed E-state index contributed by atoms with van der Waals surface area (Å²) in [4.78, 5) is 24.2. The molecule has 1 heterocycles. The molecular weight excluding hydrogens is 428 g/mol. The molecule has 2 amide bonds. The lowest BCUT2D eigenvalue weighted by Gasteiger charge is -2.11. The number of hydrazone groups is 1. The molecule has 2 aromatic carbocycles. The van der Waals surface area contributed by atoms with E-state index in [1.165, 1.54) is 30.5 Å². The van der Waals surface area contributed by atoms with Gasteiger partial charge in [0.05, 0.1) is 18.3 Å². The summed E-state index contributed by atoms with van der Waals surface area (Å²) in [5.74, 6) is -1.28. The number of halogens is 1. The third kappa shape index (κ3) is 5.18. The van der Waals surface area contributed by atoms with Crippen LogP contribution in [-0.4, -0.2) is 29.7 Å². The Kier molecular flexibility index (Phi) is 7.00. The van der Waals surface area contributed by atoms with Crippen molar-refractivity contribution >= 4 is 35.3 Å². The van der Waals surface area contributed by atoms with Crippen LogP contribution in [0, 0.1) is 27.7 Å². The Morgan fingerprint density at radius 1 is 1.00 bits per heavy atom. The number of hydrogen-bond acceptors (Lipinski definition) is 4. The number of amides is 2. The number of nitrogens with one attached hydrogen (secondary N) is 2. The van der Waals surface area contributed by atoms with E-state index < -0.39 is 11.8 Å². The van der Waals surface area contributed by atoms with Crippen molar-refractivity contribution in [2.24, 2.45) is 5.10 Å². The molecule has 0 bridgehead atoms. The van der Waals surface area contributed by atoms with E-state index in [0.29, 0.717) is 16.5 Å². The van der Waals surface area contributed by atoms with Crippen molar-refractivity contribution in [2.75, 3.05) is 12.4 Å². The molecule has 0 aliphatic rings. The van der Waals surface area contributed by atoms with Gasteiger partial charge in [-0.1, -0.05) is 17.7 Å². The largest absolute Gasteiger partial charge is 0.495 e. The van der Waals surface area contributed by atoms with Crippen molar-refractivity contribution in [3.63, 3.8) is 0 Å². The van der Waals surface area contributed by atoms with E-state index in [4.69, 9.17) is 16.3 Å². The summed E-state index contributed by atoms with van der Waals surface area (Å²) in [6.07, 6.45) is 1.52. The zero-order valence-corrected chi connectivity index (χ0v) is 19.4. The van der Waals surface area contributed by atoms with E-state index in [9.17, 15) is 9.59 Å². The van der Waals surface area contributed by atoms with Crippen LogP contribution in [0.4, 0.5) is 5.69 Å². The summed E-state index contributed by atoms with van der Waals surface area (Å²) in [5, 5.41) is 6.74. The lowest BCUT2D eigenvalue weighted by atomic mass is 10.1. The normalized spacial score (nSPS) is 10.9. The zero-order chi connectivity index (χ0) is 23.4. The van der Waals surface area contributed by atoms with E-state index in [0.717, 1.165) is 22.6 Å². The molecule has 0 atom stereocenters. The molecule has 0 saturated carbocycles. The SMILES string of the molecule is COc1ccc(NC(=O)C(=O)N/N=C\c2cc(C)n(-c3cc(C)cc(C)c3)c2C)cc1Cl. The number of methoxy groups -OCH3 is 1. The molecule has 32 heavy (non-hydrogen) atoms. The van der Waals surface area contributed by atoms with E-state index in [1.807, 2.05) is 19.9 Å². The standard InChI is InChI=1S/C24H25ClN4O3/c1-14-8-15(2)10-20(9-14)29-16(3)11-18(17(29)4)13-26-28-24(31)23(30)27-19-6-7-22(32-5)21(25)12-19/h6-13H,1-5H3,(H,27,30)(H,28,31)/b26-13-. The van der Waals surface area contributed by atoms with Crippen molar-refractivity contribution in [3.8, 4) is 11.4 Å². The van der Waals surface area contributed by atoms with Gasteiger partial charge in [-0.2, -0.15) is 5.10 Å². The summed E-state index contributed by atoms with van der Waals surface area (Å²) in [6, 6.07) is 13.0. The minimum atomic E-state index is -0.892. The van der Waals surface area contributed by atoms with Gasteiger partial charge < -0.3 is 14.6 Å². The lowest BCUT2D eigenvalue weighted by molar-refractivity contribution is -0.136. The summed E-state index contributed by atoms with van der Waals surface area (Å²) in [6.45, 7) is 8.11. The highest BCUT2D eigenvalue weighted by molar-refractivity contribution is 6.40. The van der Waals surface area contributed by atoms with Gasteiger partial charge in [0.25, 0.3) is 0 Å². The Morgan fingerprint density at radius 2 is 1.69 bits per heavy atom. The van der Waals surface area contributed by atoms with Gasteiger partial charge in [-0.15, -0.1) is 0 Å². The third-order valence-corrected chi connectivity index (χ3v) is 5.22. The lowest BCUT2D eigenvalue weighted by Crippen LogP contribution is -2.32. The predicted octanol–water partition coefficient (Wildman–Crippen LogP) is 4.46. The first kappa shape index (κ1) is 23.1. The summed E-state index contributed by atoms with van der Waals surface area (Å²) < 4.78 is 7.19. The summed E-state index contributed by atoms with van der Waals surface area (Å²) in [5.41, 5.74) is 8.90. The highest BCUT2D eigenvalue weighted by atomic mass is 35.5. The minimum Gasteiger partial charge on any atom is -0.495 e. The maximum Gasteiger partial charge on any atom is 0.329 e. The van der Waals surface area contributed by atoms with E-state index >= 15 is 0 Å². The van der Waals surface area contributed by atoms with Crippen molar-refractivity contribution in [1.29, 1.82) is 0 Å². The number of nitrogens with zero attached hydrogens (tertiary/aromatic N) is 2. The molecule has 166 valence electrons. The topological polar surface area (TPSA) is 84.7 Å². The molecule has 0 radical (unpaired) electrons. The molecule has 1 aromatic heterocycles. The third-order valence-electron chi connectivity index (χ3n) is 4.92. The van der Waals surface area contributed by atoms with Crippen LogP contribution in [0.2, 0.25) is 5.02 Å². The molecule has 0 fully saturated rings. The highest BCUT2D eigenvalue weighted by Crippen LogP contribution is 2.27. The Morgan fingerprint density at radius 3 is 2.31 bits per heavy atom. The molecular formula is C24H25ClN4O3. The second kappa shape index (κ2) is 9.70. The molecule has 0 saturated heterocycles. The van der Waals surface area contributed by atoms with Crippen molar-refractivity contribution < 1.29 is 14.3 Å². The van der Waals surface area contributed by atoms with Crippen molar-refractivity contribution in [1.82, 2.24) is 9.99 Å².